The molecule has 2 heteroatoms. The Kier molecular flexibility index (Phi) is 28.7. The predicted molar refractivity (Wildman–Crippen MR) is 179 cm³/mol. The molecule has 0 saturated carbocycles. The lowest BCUT2D eigenvalue weighted by Gasteiger charge is -2.15. The van der Waals surface area contributed by atoms with Crippen LogP contribution in [-0.4, -0.2) is 12.6 Å². The highest BCUT2D eigenvalue weighted by molar-refractivity contribution is 5.69. The second kappa shape index (κ2) is 29.4. The van der Waals surface area contributed by atoms with Crippen LogP contribution in [0.25, 0.3) is 0 Å². The van der Waals surface area contributed by atoms with Crippen LogP contribution in [0.3, 0.4) is 0 Å². The highest BCUT2D eigenvalue weighted by Crippen LogP contribution is 2.22. The van der Waals surface area contributed by atoms with Crippen LogP contribution in [-0.2, 0) is 9.53 Å². The SMILES string of the molecule is CCCCCCCC/C=C\CCCCCCCC(=O)OC/C=C(\C)CCC[C@H](C)CCC[C@H](C)CCCC(C)C. The van der Waals surface area contributed by atoms with E-state index in [0.717, 1.165) is 37.0 Å². The minimum absolute atomic E-state index is 0.0336. The molecule has 0 fully saturated rings. The molecule has 0 N–H and O–H groups in total. The maximum atomic E-state index is 12.0. The molecule has 0 unspecified atom stereocenters. The molecule has 0 spiro atoms. The number of carbonyl (C=O) groups is 1. The average Bonchev–Trinajstić information content (AvgIpc) is 2.90. The van der Waals surface area contributed by atoms with Crippen LogP contribution in [0.1, 0.15) is 189 Å². The summed E-state index contributed by atoms with van der Waals surface area (Å²) < 4.78 is 5.45. The van der Waals surface area contributed by atoms with Gasteiger partial charge >= 0.3 is 5.97 Å². The molecule has 0 aliphatic heterocycles. The lowest BCUT2D eigenvalue weighted by molar-refractivity contribution is -0.142. The van der Waals surface area contributed by atoms with Crippen molar-refractivity contribution in [3.63, 3.8) is 0 Å². The number of carbonyl (C=O) groups excluding carboxylic acids is 1. The molecule has 40 heavy (non-hydrogen) atoms. The average molecular weight is 561 g/mol. The van der Waals surface area contributed by atoms with Gasteiger partial charge in [-0.2, -0.15) is 0 Å². The zero-order valence-electron chi connectivity index (χ0n) is 28.3. The van der Waals surface area contributed by atoms with E-state index in [4.69, 9.17) is 4.74 Å². The van der Waals surface area contributed by atoms with Gasteiger partial charge in [-0.15, -0.1) is 0 Å². The van der Waals surface area contributed by atoms with Gasteiger partial charge in [0.15, 0.2) is 0 Å². The van der Waals surface area contributed by atoms with E-state index < -0.39 is 0 Å². The normalized spacial score (nSPS) is 13.8. The number of esters is 1. The first-order valence-electron chi connectivity index (χ1n) is 17.8. The van der Waals surface area contributed by atoms with Gasteiger partial charge in [0.25, 0.3) is 0 Å². The van der Waals surface area contributed by atoms with Crippen LogP contribution >= 0.6 is 0 Å². The summed E-state index contributed by atoms with van der Waals surface area (Å²) in [5, 5.41) is 0. The molecule has 0 aromatic carbocycles. The molecule has 0 bridgehead atoms. The number of rotatable bonds is 29. The highest BCUT2D eigenvalue weighted by Gasteiger charge is 2.07. The summed E-state index contributed by atoms with van der Waals surface area (Å²) in [6.45, 7) is 14.4. The van der Waals surface area contributed by atoms with Crippen LogP contribution in [0.5, 0.6) is 0 Å². The molecule has 0 aromatic heterocycles. The fourth-order valence-electron chi connectivity index (χ4n) is 5.50. The Morgan fingerprint density at radius 1 is 0.600 bits per heavy atom. The van der Waals surface area contributed by atoms with Gasteiger partial charge in [-0.25, -0.2) is 0 Å². The van der Waals surface area contributed by atoms with E-state index in [1.54, 1.807) is 0 Å². The van der Waals surface area contributed by atoms with Gasteiger partial charge < -0.3 is 4.74 Å². The summed E-state index contributed by atoms with van der Waals surface area (Å²) >= 11 is 0. The summed E-state index contributed by atoms with van der Waals surface area (Å²) in [7, 11) is 0. The van der Waals surface area contributed by atoms with Crippen molar-refractivity contribution in [3.05, 3.63) is 23.8 Å². The minimum atomic E-state index is -0.0336. The summed E-state index contributed by atoms with van der Waals surface area (Å²) in [6, 6.07) is 0. The Labute approximate surface area is 252 Å². The molecule has 0 aromatic rings. The van der Waals surface area contributed by atoms with E-state index >= 15 is 0 Å². The number of hydrogen-bond donors (Lipinski definition) is 0. The largest absolute Gasteiger partial charge is 0.461 e. The highest BCUT2D eigenvalue weighted by atomic mass is 16.5. The Bertz CT molecular complexity index is 603. The maximum absolute atomic E-state index is 12.0. The Morgan fingerprint density at radius 2 is 1.10 bits per heavy atom. The maximum Gasteiger partial charge on any atom is 0.306 e. The molecule has 0 aliphatic carbocycles. The Morgan fingerprint density at radius 3 is 1.68 bits per heavy atom. The summed E-state index contributed by atoms with van der Waals surface area (Å²) in [6.07, 6.45) is 36.1. The van der Waals surface area contributed by atoms with Crippen molar-refractivity contribution in [2.45, 2.75) is 189 Å². The fraction of sp³-hybridized carbons (Fsp3) is 0.868. The van der Waals surface area contributed by atoms with Gasteiger partial charge in [-0.3, -0.25) is 4.79 Å². The third-order valence-electron chi connectivity index (χ3n) is 8.46. The molecule has 0 saturated heterocycles. The van der Waals surface area contributed by atoms with Crippen molar-refractivity contribution in [2.24, 2.45) is 17.8 Å². The van der Waals surface area contributed by atoms with Crippen LogP contribution in [0.4, 0.5) is 0 Å². The summed E-state index contributed by atoms with van der Waals surface area (Å²) in [5.41, 5.74) is 1.36. The second-order valence-corrected chi connectivity index (χ2v) is 13.4. The Balaban J connectivity index is 3.57. The lowest BCUT2D eigenvalue weighted by Crippen LogP contribution is -2.04. The van der Waals surface area contributed by atoms with Gasteiger partial charge in [0.2, 0.25) is 0 Å². The van der Waals surface area contributed by atoms with Crippen molar-refractivity contribution in [1.29, 1.82) is 0 Å². The minimum Gasteiger partial charge on any atom is -0.461 e. The number of ether oxygens (including phenoxy) is 1. The molecule has 0 aliphatic rings. The van der Waals surface area contributed by atoms with Crippen molar-refractivity contribution in [2.75, 3.05) is 6.61 Å². The Hall–Kier alpha value is -1.05. The molecule has 236 valence electrons. The zero-order valence-corrected chi connectivity index (χ0v) is 28.3. The standard InChI is InChI=1S/C38H72O2/c1-7-8-9-10-11-12-13-14-15-16-17-18-19-20-21-31-38(39)40-33-32-37(6)30-24-29-36(5)28-23-27-35(4)26-22-25-34(2)3/h14-15,32,34-36H,7-13,16-31,33H2,1-6H3/b15-14-,37-32+/t35-,36-/m1/s1. The zero-order chi connectivity index (χ0) is 29.7. The van der Waals surface area contributed by atoms with Crippen molar-refractivity contribution in [3.8, 4) is 0 Å². The molecule has 0 rings (SSSR count). The first-order valence-corrected chi connectivity index (χ1v) is 17.8. The van der Waals surface area contributed by atoms with E-state index in [2.05, 4.69) is 59.8 Å². The van der Waals surface area contributed by atoms with E-state index in [9.17, 15) is 4.79 Å². The quantitative estimate of drug-likeness (QED) is 0.0516. The topological polar surface area (TPSA) is 26.3 Å². The van der Waals surface area contributed by atoms with Gasteiger partial charge in [0.05, 0.1) is 0 Å². The summed E-state index contributed by atoms with van der Waals surface area (Å²) in [4.78, 5) is 12.0. The van der Waals surface area contributed by atoms with E-state index in [1.807, 2.05) is 0 Å². The second-order valence-electron chi connectivity index (χ2n) is 13.4. The third kappa shape index (κ3) is 29.9. The van der Waals surface area contributed by atoms with Crippen LogP contribution < -0.4 is 0 Å². The van der Waals surface area contributed by atoms with Crippen molar-refractivity contribution >= 4 is 5.97 Å². The van der Waals surface area contributed by atoms with Gasteiger partial charge in [0, 0.05) is 6.42 Å². The van der Waals surface area contributed by atoms with E-state index in [1.165, 1.54) is 128 Å². The molecular formula is C38H72O2. The molecular weight excluding hydrogens is 488 g/mol. The predicted octanol–water partition coefficient (Wildman–Crippen LogP) is 13.0. The number of unbranched alkanes of at least 4 members (excludes halogenated alkanes) is 11. The number of allylic oxidation sites excluding steroid dienone is 3. The number of hydrogen-bond acceptors (Lipinski definition) is 2. The van der Waals surface area contributed by atoms with Crippen molar-refractivity contribution in [1.82, 2.24) is 0 Å². The molecule has 0 amide bonds. The first-order chi connectivity index (χ1) is 19.3. The third-order valence-corrected chi connectivity index (χ3v) is 8.46. The van der Waals surface area contributed by atoms with E-state index in [0.29, 0.717) is 13.0 Å². The first kappa shape index (κ1) is 39.0. The molecule has 0 radical (unpaired) electrons. The monoisotopic (exact) mass is 561 g/mol. The summed E-state index contributed by atoms with van der Waals surface area (Å²) in [5.74, 6) is 2.52. The van der Waals surface area contributed by atoms with Gasteiger partial charge in [-0.1, -0.05) is 149 Å². The van der Waals surface area contributed by atoms with E-state index in [-0.39, 0.29) is 5.97 Å². The smallest absolute Gasteiger partial charge is 0.306 e. The van der Waals surface area contributed by atoms with Crippen LogP contribution in [0, 0.1) is 17.8 Å². The fourth-order valence-corrected chi connectivity index (χ4v) is 5.50. The van der Waals surface area contributed by atoms with Gasteiger partial charge in [0.1, 0.15) is 6.61 Å². The van der Waals surface area contributed by atoms with Crippen LogP contribution in [0.2, 0.25) is 0 Å². The van der Waals surface area contributed by atoms with Gasteiger partial charge in [-0.05, 0) is 75.7 Å². The lowest BCUT2D eigenvalue weighted by atomic mass is 9.91. The van der Waals surface area contributed by atoms with Crippen LogP contribution in [0.15, 0.2) is 23.8 Å². The molecule has 2 atom stereocenters. The molecule has 0 heterocycles. The molecule has 2 nitrogen and oxygen atoms in total. The van der Waals surface area contributed by atoms with Crippen molar-refractivity contribution < 1.29 is 9.53 Å².